The van der Waals surface area contributed by atoms with Gasteiger partial charge in [0, 0.05) is 37.1 Å². The predicted molar refractivity (Wildman–Crippen MR) is 73.4 cm³/mol. The Labute approximate surface area is 109 Å². The molecule has 0 unspecified atom stereocenters. The maximum Gasteiger partial charge on any atom is 0.0283 e. The first kappa shape index (κ1) is 11.0. The highest BCUT2D eigenvalue weighted by molar-refractivity contribution is 5.25. The summed E-state index contributed by atoms with van der Waals surface area (Å²) in [6, 6.07) is 11.0. The van der Waals surface area contributed by atoms with Gasteiger partial charge < -0.3 is 5.32 Å². The number of nitrogens with zero attached hydrogens (tertiary/aromatic N) is 1. The molecule has 3 fully saturated rings. The van der Waals surface area contributed by atoms with Crippen molar-refractivity contribution in [1.82, 2.24) is 10.2 Å². The molecule has 1 aromatic carbocycles. The molecule has 96 valence electrons. The predicted octanol–water partition coefficient (Wildman–Crippen LogP) is 2.40. The van der Waals surface area contributed by atoms with Crippen molar-refractivity contribution in [2.24, 2.45) is 5.41 Å². The molecule has 1 N–H and O–H groups in total. The molecule has 2 nitrogen and oxygen atoms in total. The summed E-state index contributed by atoms with van der Waals surface area (Å²) in [5, 5.41) is 3.67. The van der Waals surface area contributed by atoms with Crippen molar-refractivity contribution in [2.75, 3.05) is 19.6 Å². The van der Waals surface area contributed by atoms with E-state index in [1.54, 1.807) is 0 Å². The highest BCUT2D eigenvalue weighted by Gasteiger charge is 2.67. The summed E-state index contributed by atoms with van der Waals surface area (Å²) in [7, 11) is 0. The van der Waals surface area contributed by atoms with Crippen molar-refractivity contribution in [1.29, 1.82) is 0 Å². The topological polar surface area (TPSA) is 15.3 Å². The van der Waals surface area contributed by atoms with Gasteiger partial charge in [0.25, 0.3) is 0 Å². The minimum atomic E-state index is 0.562. The second-order valence-corrected chi connectivity index (χ2v) is 6.40. The molecule has 1 saturated heterocycles. The van der Waals surface area contributed by atoms with E-state index in [9.17, 15) is 0 Å². The van der Waals surface area contributed by atoms with Crippen LogP contribution >= 0.6 is 0 Å². The van der Waals surface area contributed by atoms with E-state index in [1.807, 2.05) is 0 Å². The van der Waals surface area contributed by atoms with E-state index in [0.717, 1.165) is 13.1 Å². The quantitative estimate of drug-likeness (QED) is 0.856. The molecular weight excluding hydrogens is 220 g/mol. The summed E-state index contributed by atoms with van der Waals surface area (Å²) < 4.78 is 0. The van der Waals surface area contributed by atoms with Crippen LogP contribution in [0.4, 0.5) is 0 Å². The van der Waals surface area contributed by atoms with Crippen molar-refractivity contribution in [3.8, 4) is 0 Å². The van der Waals surface area contributed by atoms with Crippen LogP contribution in [0.15, 0.2) is 30.3 Å². The SMILES string of the molecule is c1ccc(CN2CCNCC3(CC3)C23CC3)cc1. The number of rotatable bonds is 2. The second-order valence-electron chi connectivity index (χ2n) is 6.40. The fourth-order valence-electron chi connectivity index (χ4n) is 4.05. The Balaban J connectivity index is 1.59. The van der Waals surface area contributed by atoms with Crippen LogP contribution in [0, 0.1) is 5.41 Å². The van der Waals surface area contributed by atoms with Gasteiger partial charge in [0.1, 0.15) is 0 Å². The van der Waals surface area contributed by atoms with Crippen LogP contribution < -0.4 is 5.32 Å². The molecule has 3 aliphatic rings. The lowest BCUT2D eigenvalue weighted by atomic mass is 9.92. The zero-order chi connectivity index (χ0) is 12.1. The van der Waals surface area contributed by atoms with Gasteiger partial charge in [0.15, 0.2) is 0 Å². The zero-order valence-corrected chi connectivity index (χ0v) is 11.0. The van der Waals surface area contributed by atoms with Crippen LogP contribution in [0.2, 0.25) is 0 Å². The molecule has 2 saturated carbocycles. The number of benzene rings is 1. The second kappa shape index (κ2) is 3.82. The molecule has 0 aromatic heterocycles. The van der Waals surface area contributed by atoms with Crippen molar-refractivity contribution in [2.45, 2.75) is 37.8 Å². The molecular formula is C16H22N2. The molecule has 4 rings (SSSR count). The number of hydrogen-bond acceptors (Lipinski definition) is 2. The molecule has 1 aliphatic heterocycles. The first-order chi connectivity index (χ1) is 8.85. The standard InChI is InChI=1S/C16H22N2/c1-2-4-14(5-3-1)12-18-11-10-17-13-15(6-7-15)16(18)8-9-16/h1-5,17H,6-13H2. The van der Waals surface area contributed by atoms with Crippen molar-refractivity contribution in [3.63, 3.8) is 0 Å². The average molecular weight is 242 g/mol. The maximum absolute atomic E-state index is 3.67. The van der Waals surface area contributed by atoms with Gasteiger partial charge in [-0.25, -0.2) is 0 Å². The highest BCUT2D eigenvalue weighted by atomic mass is 15.3. The summed E-state index contributed by atoms with van der Waals surface area (Å²) in [4.78, 5) is 2.79. The lowest BCUT2D eigenvalue weighted by Crippen LogP contribution is -2.44. The molecule has 2 spiro atoms. The van der Waals surface area contributed by atoms with E-state index < -0.39 is 0 Å². The minimum Gasteiger partial charge on any atom is -0.315 e. The average Bonchev–Trinajstić information content (AvgIpc) is 3.26. The van der Waals surface area contributed by atoms with Crippen LogP contribution in [0.25, 0.3) is 0 Å². The van der Waals surface area contributed by atoms with Gasteiger partial charge in [-0.1, -0.05) is 30.3 Å². The van der Waals surface area contributed by atoms with Crippen LogP contribution in [0.5, 0.6) is 0 Å². The molecule has 0 bridgehead atoms. The number of hydrogen-bond donors (Lipinski definition) is 1. The molecule has 2 heteroatoms. The summed E-state index contributed by atoms with van der Waals surface area (Å²) in [5.41, 5.74) is 2.67. The monoisotopic (exact) mass is 242 g/mol. The molecule has 2 aliphatic carbocycles. The van der Waals surface area contributed by atoms with Crippen LogP contribution in [0.3, 0.4) is 0 Å². The summed E-state index contributed by atoms with van der Waals surface area (Å²) in [6.45, 7) is 4.79. The van der Waals surface area contributed by atoms with E-state index >= 15 is 0 Å². The van der Waals surface area contributed by atoms with Crippen molar-refractivity contribution in [3.05, 3.63) is 35.9 Å². The van der Waals surface area contributed by atoms with Crippen LogP contribution in [-0.2, 0) is 6.54 Å². The fraction of sp³-hybridized carbons (Fsp3) is 0.625. The van der Waals surface area contributed by atoms with E-state index in [2.05, 4.69) is 40.5 Å². The molecule has 1 heterocycles. The number of nitrogens with one attached hydrogen (secondary N) is 1. The Bertz CT molecular complexity index is 432. The first-order valence-corrected chi connectivity index (χ1v) is 7.35. The lowest BCUT2D eigenvalue weighted by molar-refractivity contribution is 0.119. The molecule has 18 heavy (non-hydrogen) atoms. The molecule has 0 atom stereocenters. The first-order valence-electron chi connectivity index (χ1n) is 7.35. The van der Waals surface area contributed by atoms with Gasteiger partial charge in [-0.15, -0.1) is 0 Å². The Kier molecular flexibility index (Phi) is 2.33. The van der Waals surface area contributed by atoms with Gasteiger partial charge >= 0.3 is 0 Å². The van der Waals surface area contributed by atoms with Gasteiger partial charge in [-0.05, 0) is 31.2 Å². The third-order valence-corrected chi connectivity index (χ3v) is 5.41. The Morgan fingerprint density at radius 3 is 2.50 bits per heavy atom. The Morgan fingerprint density at radius 2 is 1.83 bits per heavy atom. The normalized spacial score (nSPS) is 28.2. The Morgan fingerprint density at radius 1 is 1.06 bits per heavy atom. The third kappa shape index (κ3) is 1.55. The highest BCUT2D eigenvalue weighted by Crippen LogP contribution is 2.67. The molecule has 0 radical (unpaired) electrons. The zero-order valence-electron chi connectivity index (χ0n) is 11.0. The van der Waals surface area contributed by atoms with Crippen LogP contribution in [0.1, 0.15) is 31.2 Å². The van der Waals surface area contributed by atoms with E-state index in [4.69, 9.17) is 0 Å². The van der Waals surface area contributed by atoms with Crippen LogP contribution in [-0.4, -0.2) is 30.1 Å². The summed E-state index contributed by atoms with van der Waals surface area (Å²) in [5.74, 6) is 0. The van der Waals surface area contributed by atoms with Gasteiger partial charge in [-0.3, -0.25) is 4.90 Å². The third-order valence-electron chi connectivity index (χ3n) is 5.41. The van der Waals surface area contributed by atoms with Crippen molar-refractivity contribution >= 4 is 0 Å². The Hall–Kier alpha value is -0.860. The van der Waals surface area contributed by atoms with E-state index in [-0.39, 0.29) is 0 Å². The lowest BCUT2D eigenvalue weighted by Gasteiger charge is -2.35. The summed E-state index contributed by atoms with van der Waals surface area (Å²) >= 11 is 0. The largest absolute Gasteiger partial charge is 0.315 e. The fourth-order valence-corrected chi connectivity index (χ4v) is 4.05. The van der Waals surface area contributed by atoms with E-state index in [0.29, 0.717) is 11.0 Å². The molecule has 0 amide bonds. The summed E-state index contributed by atoms with van der Waals surface area (Å²) in [6.07, 6.45) is 5.76. The van der Waals surface area contributed by atoms with Gasteiger partial charge in [0.2, 0.25) is 0 Å². The molecule has 1 aromatic rings. The van der Waals surface area contributed by atoms with E-state index in [1.165, 1.54) is 44.3 Å². The number of fused-ring (bicyclic) bond motifs is 1. The maximum atomic E-state index is 3.67. The smallest absolute Gasteiger partial charge is 0.0283 e. The minimum absolute atomic E-state index is 0.562. The van der Waals surface area contributed by atoms with Gasteiger partial charge in [-0.2, -0.15) is 0 Å². The van der Waals surface area contributed by atoms with Gasteiger partial charge in [0.05, 0.1) is 0 Å². The van der Waals surface area contributed by atoms with Crippen molar-refractivity contribution < 1.29 is 0 Å².